The van der Waals surface area contributed by atoms with Crippen molar-refractivity contribution in [1.29, 1.82) is 5.26 Å². The number of hydrogen-bond acceptors (Lipinski definition) is 4. The first-order valence-electron chi connectivity index (χ1n) is 12.7. The Hall–Kier alpha value is -4.09. The van der Waals surface area contributed by atoms with E-state index in [0.29, 0.717) is 47.3 Å². The van der Waals surface area contributed by atoms with Crippen molar-refractivity contribution in [3.05, 3.63) is 88.2 Å². The second-order valence-electron chi connectivity index (χ2n) is 9.82. The van der Waals surface area contributed by atoms with Gasteiger partial charge in [-0.3, -0.25) is 14.6 Å². The van der Waals surface area contributed by atoms with Crippen LogP contribution in [0.3, 0.4) is 0 Å². The van der Waals surface area contributed by atoms with Crippen LogP contribution in [0.15, 0.2) is 54.7 Å². The van der Waals surface area contributed by atoms with Gasteiger partial charge in [0.05, 0.1) is 34.0 Å². The molecule has 0 radical (unpaired) electrons. The molecule has 2 amide bonds. The lowest BCUT2D eigenvalue weighted by atomic mass is 9.91. The molecule has 198 valence electrons. The Kier molecular flexibility index (Phi) is 7.45. The molecule has 0 saturated heterocycles. The van der Waals surface area contributed by atoms with Crippen LogP contribution in [0.1, 0.15) is 55.5 Å². The number of rotatable bonds is 2. The molecule has 3 aromatic rings. The molecular weight excluding hydrogens is 522 g/mol. The SMILES string of the molecule is CC1CCCC(N2CCC(c3c(F)ccc(Cl)c3F)=CC2=O)c2cc(ccn2)-c2c(C#N)cccc2NC1=O. The maximum Gasteiger partial charge on any atom is 0.247 e. The Morgan fingerprint density at radius 1 is 1.13 bits per heavy atom. The number of benzene rings is 2. The Labute approximate surface area is 229 Å². The molecule has 0 fully saturated rings. The first kappa shape index (κ1) is 26.5. The summed E-state index contributed by atoms with van der Waals surface area (Å²) >= 11 is 5.88. The third-order valence-corrected chi connectivity index (χ3v) is 7.65. The highest BCUT2D eigenvalue weighted by atomic mass is 35.5. The van der Waals surface area contributed by atoms with Crippen molar-refractivity contribution in [3.8, 4) is 17.2 Å². The first-order chi connectivity index (χ1) is 18.8. The number of amides is 2. The molecular formula is C30H25ClF2N4O2. The summed E-state index contributed by atoms with van der Waals surface area (Å²) in [4.78, 5) is 32.6. The van der Waals surface area contributed by atoms with Gasteiger partial charge < -0.3 is 10.2 Å². The first-order valence-corrected chi connectivity index (χ1v) is 13.1. The number of hydrogen-bond donors (Lipinski definition) is 1. The molecule has 9 heteroatoms. The summed E-state index contributed by atoms with van der Waals surface area (Å²) in [5.41, 5.74) is 2.81. The smallest absolute Gasteiger partial charge is 0.247 e. The summed E-state index contributed by atoms with van der Waals surface area (Å²) in [6.45, 7) is 2.07. The molecule has 39 heavy (non-hydrogen) atoms. The van der Waals surface area contributed by atoms with E-state index in [4.69, 9.17) is 11.6 Å². The summed E-state index contributed by atoms with van der Waals surface area (Å²) in [7, 11) is 0. The molecule has 0 spiro atoms. The molecule has 2 atom stereocenters. The van der Waals surface area contributed by atoms with Crippen LogP contribution >= 0.6 is 11.6 Å². The molecule has 2 aliphatic heterocycles. The van der Waals surface area contributed by atoms with Gasteiger partial charge in [-0.2, -0.15) is 5.26 Å². The van der Waals surface area contributed by atoms with Crippen molar-refractivity contribution in [2.24, 2.45) is 5.92 Å². The summed E-state index contributed by atoms with van der Waals surface area (Å²) in [6.07, 6.45) is 4.89. The highest BCUT2D eigenvalue weighted by molar-refractivity contribution is 6.31. The number of pyridine rings is 1. The van der Waals surface area contributed by atoms with Gasteiger partial charge in [-0.25, -0.2) is 8.78 Å². The van der Waals surface area contributed by atoms with E-state index in [1.807, 2.05) is 13.0 Å². The molecule has 1 N–H and O–H groups in total. The van der Waals surface area contributed by atoms with E-state index in [1.54, 1.807) is 35.4 Å². The van der Waals surface area contributed by atoms with E-state index in [9.17, 15) is 23.6 Å². The lowest BCUT2D eigenvalue weighted by Gasteiger charge is -2.34. The maximum absolute atomic E-state index is 14.7. The van der Waals surface area contributed by atoms with Crippen molar-refractivity contribution < 1.29 is 18.4 Å². The van der Waals surface area contributed by atoms with Crippen LogP contribution < -0.4 is 5.32 Å². The molecule has 5 rings (SSSR count). The van der Waals surface area contributed by atoms with Crippen LogP contribution in [0.25, 0.3) is 16.7 Å². The number of carbonyl (C=O) groups is 2. The second-order valence-corrected chi connectivity index (χ2v) is 10.2. The summed E-state index contributed by atoms with van der Waals surface area (Å²) in [5, 5.41) is 12.6. The lowest BCUT2D eigenvalue weighted by molar-refractivity contribution is -0.129. The number of nitriles is 1. The van der Waals surface area contributed by atoms with E-state index in [-0.39, 0.29) is 46.9 Å². The molecule has 2 aromatic carbocycles. The minimum Gasteiger partial charge on any atom is -0.330 e. The normalized spacial score (nSPS) is 19.7. The molecule has 1 aromatic heterocycles. The van der Waals surface area contributed by atoms with Crippen LogP contribution in [-0.4, -0.2) is 28.2 Å². The minimum absolute atomic E-state index is 0.148. The fraction of sp³-hybridized carbons (Fsp3) is 0.267. The monoisotopic (exact) mass is 546 g/mol. The molecule has 2 aliphatic rings. The van der Waals surface area contributed by atoms with Crippen molar-refractivity contribution in [2.45, 2.75) is 38.6 Å². The third kappa shape index (κ3) is 5.15. The maximum atomic E-state index is 14.7. The van der Waals surface area contributed by atoms with Gasteiger partial charge in [0, 0.05) is 36.0 Å². The van der Waals surface area contributed by atoms with Gasteiger partial charge in [-0.1, -0.05) is 31.0 Å². The standard InChI is InChI=1S/C30H25ClF2N4O2/c1-17-4-2-7-25(37-13-11-19(15-26(37)38)28-22(32)9-8-21(31)29(28)33)24-14-18(10-12-35-24)27-20(16-34)5-3-6-23(27)36-30(17)39/h3,5-6,8-10,12,14-15,17,25H,2,4,7,11,13H2,1H3,(H,36,39). The predicted molar refractivity (Wildman–Crippen MR) is 144 cm³/mol. The Morgan fingerprint density at radius 2 is 1.95 bits per heavy atom. The van der Waals surface area contributed by atoms with Gasteiger partial charge >= 0.3 is 0 Å². The Morgan fingerprint density at radius 3 is 2.72 bits per heavy atom. The second kappa shape index (κ2) is 11.0. The highest BCUT2D eigenvalue weighted by Gasteiger charge is 2.31. The Balaban J connectivity index is 1.56. The van der Waals surface area contributed by atoms with Gasteiger partial charge in [0.2, 0.25) is 11.8 Å². The zero-order valence-electron chi connectivity index (χ0n) is 21.2. The van der Waals surface area contributed by atoms with Crippen LogP contribution in [0.5, 0.6) is 0 Å². The molecule has 2 unspecified atom stereocenters. The van der Waals surface area contributed by atoms with Crippen molar-refractivity contribution >= 4 is 34.7 Å². The number of nitrogens with zero attached hydrogens (tertiary/aromatic N) is 3. The molecule has 2 bridgehead atoms. The van der Waals surface area contributed by atoms with Crippen molar-refractivity contribution in [1.82, 2.24) is 9.88 Å². The number of anilines is 1. The molecule has 3 heterocycles. The van der Waals surface area contributed by atoms with E-state index in [2.05, 4.69) is 16.4 Å². The van der Waals surface area contributed by atoms with E-state index >= 15 is 0 Å². The number of aromatic nitrogens is 1. The zero-order valence-corrected chi connectivity index (χ0v) is 21.9. The van der Waals surface area contributed by atoms with E-state index < -0.39 is 17.7 Å². The van der Waals surface area contributed by atoms with E-state index in [1.165, 1.54) is 6.08 Å². The highest BCUT2D eigenvalue weighted by Crippen LogP contribution is 2.38. The van der Waals surface area contributed by atoms with Gasteiger partial charge in [0.15, 0.2) is 5.82 Å². The van der Waals surface area contributed by atoms with Crippen molar-refractivity contribution in [3.63, 3.8) is 0 Å². The largest absolute Gasteiger partial charge is 0.330 e. The van der Waals surface area contributed by atoms with Gasteiger partial charge in [0.1, 0.15) is 5.82 Å². The molecule has 6 nitrogen and oxygen atoms in total. The van der Waals surface area contributed by atoms with E-state index in [0.717, 1.165) is 12.1 Å². The van der Waals surface area contributed by atoms with Crippen LogP contribution in [0, 0.1) is 28.9 Å². The van der Waals surface area contributed by atoms with Crippen LogP contribution in [0.2, 0.25) is 5.02 Å². The van der Waals surface area contributed by atoms with Gasteiger partial charge in [0.25, 0.3) is 0 Å². The number of nitrogens with one attached hydrogen (secondary N) is 1. The lowest BCUT2D eigenvalue weighted by Crippen LogP contribution is -2.38. The average Bonchev–Trinajstić information content (AvgIpc) is 2.93. The zero-order chi connectivity index (χ0) is 27.7. The number of halogens is 3. The number of fused-ring (bicyclic) bond motifs is 4. The molecule has 0 saturated carbocycles. The Bertz CT molecular complexity index is 1550. The van der Waals surface area contributed by atoms with Gasteiger partial charge in [-0.05, 0) is 66.8 Å². The topological polar surface area (TPSA) is 86.1 Å². The van der Waals surface area contributed by atoms with Gasteiger partial charge in [-0.15, -0.1) is 0 Å². The quantitative estimate of drug-likeness (QED) is 0.364. The van der Waals surface area contributed by atoms with Crippen LogP contribution in [0.4, 0.5) is 14.5 Å². The summed E-state index contributed by atoms with van der Waals surface area (Å²) in [6, 6.07) is 12.8. The number of carbonyl (C=O) groups excluding carboxylic acids is 2. The van der Waals surface area contributed by atoms with Crippen LogP contribution in [-0.2, 0) is 9.59 Å². The summed E-state index contributed by atoms with van der Waals surface area (Å²) in [5.74, 6) is -2.49. The summed E-state index contributed by atoms with van der Waals surface area (Å²) < 4.78 is 29.2. The average molecular weight is 547 g/mol. The van der Waals surface area contributed by atoms with Crippen molar-refractivity contribution in [2.75, 3.05) is 11.9 Å². The fourth-order valence-electron chi connectivity index (χ4n) is 5.30. The fourth-order valence-corrected chi connectivity index (χ4v) is 5.46. The minimum atomic E-state index is -0.885. The molecule has 0 aliphatic carbocycles. The third-order valence-electron chi connectivity index (χ3n) is 7.36. The predicted octanol–water partition coefficient (Wildman–Crippen LogP) is 6.67.